The first-order valence-electron chi connectivity index (χ1n) is 21.2. The van der Waals surface area contributed by atoms with Crippen LogP contribution >= 0.6 is 81.4 Å². The molecule has 75 heavy (non-hydrogen) atoms. The zero-order valence-electron chi connectivity index (χ0n) is 39.6. The minimum absolute atomic E-state index is 0.00125. The number of aliphatic carboxylic acids is 3. The van der Waals surface area contributed by atoms with E-state index in [0.717, 1.165) is 12.1 Å². The number of nitrogens with zero attached hydrogens (tertiary/aromatic N) is 3. The van der Waals surface area contributed by atoms with Gasteiger partial charge in [0.15, 0.2) is 29.9 Å². The summed E-state index contributed by atoms with van der Waals surface area (Å²) >= 11 is 37.9. The Morgan fingerprint density at radius 2 is 0.920 bits per heavy atom. The average molecular weight is 1220 g/mol. The number of carboxylic acid groups (broad SMARTS) is 3. The summed E-state index contributed by atoms with van der Waals surface area (Å²) in [7, 11) is -6.08. The molecule has 1 atom stereocenters. The summed E-state index contributed by atoms with van der Waals surface area (Å²) in [6.45, 7) is 9.24. The summed E-state index contributed by atoms with van der Waals surface area (Å²) < 4.78 is 53.5. The van der Waals surface area contributed by atoms with E-state index < -0.39 is 73.8 Å². The van der Waals surface area contributed by atoms with Gasteiger partial charge in [-0.3, -0.25) is 14.4 Å². The second-order valence-corrected chi connectivity index (χ2v) is 22.7. The average Bonchev–Trinajstić information content (AvgIpc) is 3.31. The number of halogens is 6. The van der Waals surface area contributed by atoms with E-state index in [1.807, 2.05) is 27.7 Å². The molecule has 0 bridgehead atoms. The Kier molecular flexibility index (Phi) is 22.6. The summed E-state index contributed by atoms with van der Waals surface area (Å²) in [5, 5.41) is 44.5. The Labute approximate surface area is 462 Å². The molecule has 0 aliphatic carbocycles. The van der Waals surface area contributed by atoms with Crippen LogP contribution < -0.4 is 30.9 Å². The number of aromatic nitrogens is 6. The van der Waals surface area contributed by atoms with Gasteiger partial charge in [0.2, 0.25) is 9.84 Å². The van der Waals surface area contributed by atoms with Gasteiger partial charge in [-0.2, -0.15) is 15.3 Å². The van der Waals surface area contributed by atoms with Crippen molar-refractivity contribution >= 4 is 120 Å². The first-order valence-corrected chi connectivity index (χ1v) is 26.9. The number of rotatable bonds is 18. The molecule has 6 N–H and O–H groups in total. The zero-order chi connectivity index (χ0) is 56.2. The minimum Gasteiger partial charge on any atom is -0.482 e. The van der Waals surface area contributed by atoms with Gasteiger partial charge in [0, 0.05) is 53.1 Å². The van der Waals surface area contributed by atoms with E-state index >= 15 is 0 Å². The molecule has 0 radical (unpaired) electrons. The summed E-state index contributed by atoms with van der Waals surface area (Å²) in [6.07, 6.45) is 0. The highest BCUT2D eigenvalue weighted by atomic mass is 35.5. The predicted octanol–water partition coefficient (Wildman–Crippen LogP) is 9.14. The number of ether oxygens (including phenoxy) is 3. The number of aromatic amines is 3. The third-order valence-electron chi connectivity index (χ3n) is 9.42. The van der Waals surface area contributed by atoms with E-state index in [9.17, 15) is 41.4 Å². The van der Waals surface area contributed by atoms with Gasteiger partial charge in [-0.05, 0) is 36.0 Å². The molecule has 0 amide bonds. The van der Waals surface area contributed by atoms with Crippen molar-refractivity contribution in [2.75, 3.05) is 19.8 Å². The molecule has 402 valence electrons. The molecule has 3 heterocycles. The van der Waals surface area contributed by atoms with E-state index in [0.29, 0.717) is 31.1 Å². The van der Waals surface area contributed by atoms with Crippen LogP contribution in [0.15, 0.2) is 98.7 Å². The van der Waals surface area contributed by atoms with E-state index in [1.54, 1.807) is 19.9 Å². The third kappa shape index (κ3) is 17.2. The van der Waals surface area contributed by atoms with Gasteiger partial charge in [0.05, 0.1) is 39.9 Å². The normalized spacial score (nSPS) is 11.6. The lowest BCUT2D eigenvalue weighted by atomic mass is 10.1. The maximum atomic E-state index is 12.9. The molecular formula is C45H42Cl6N6O15S3. The molecule has 21 nitrogen and oxygen atoms in total. The largest absolute Gasteiger partial charge is 0.482 e. The molecule has 0 aliphatic rings. The molecule has 0 saturated carbocycles. The van der Waals surface area contributed by atoms with Gasteiger partial charge >= 0.3 is 17.9 Å². The van der Waals surface area contributed by atoms with Crippen LogP contribution in [0.25, 0.3) is 0 Å². The van der Waals surface area contributed by atoms with Crippen LogP contribution in [0.4, 0.5) is 0 Å². The SMILES string of the molecule is CC(C)c1cc(S(=O)(=O)c2c(Cl)cc(OCC(=O)O)cc2Cl)n[nH]c1=O.CC(C)c1cc(S(=O)c2c(Cl)cc(OCC(=O)O)cc2Cl)n[nH]c1=O.CC(C)c1cc(Sc2c(Cl)cc(OCC(=O)O)cc2Cl)n[nH]c1=O. The van der Waals surface area contributed by atoms with Crippen molar-refractivity contribution in [2.24, 2.45) is 0 Å². The van der Waals surface area contributed by atoms with Crippen molar-refractivity contribution in [2.45, 2.75) is 89.1 Å². The molecule has 0 spiro atoms. The van der Waals surface area contributed by atoms with Gasteiger partial charge in [-0.1, -0.05) is 123 Å². The minimum atomic E-state index is -4.24. The Morgan fingerprint density at radius 1 is 0.560 bits per heavy atom. The molecule has 1 unspecified atom stereocenters. The van der Waals surface area contributed by atoms with Crippen molar-refractivity contribution in [3.05, 3.63) is 132 Å². The Balaban J connectivity index is 0.000000244. The quantitative estimate of drug-likeness (QED) is 0.0467. The van der Waals surface area contributed by atoms with Crippen molar-refractivity contribution in [3.63, 3.8) is 0 Å². The van der Waals surface area contributed by atoms with Crippen LogP contribution in [0.1, 0.15) is 76.0 Å². The van der Waals surface area contributed by atoms with Gasteiger partial charge in [0.1, 0.15) is 38.0 Å². The predicted molar refractivity (Wildman–Crippen MR) is 280 cm³/mol. The number of hydrogen-bond acceptors (Lipinski definition) is 16. The fourth-order valence-corrected chi connectivity index (χ4v) is 11.7. The molecule has 30 heteroatoms. The summed E-state index contributed by atoms with van der Waals surface area (Å²) in [5.41, 5.74) is 0.211. The van der Waals surface area contributed by atoms with Crippen LogP contribution in [0.5, 0.6) is 17.2 Å². The third-order valence-corrected chi connectivity index (χ3v) is 16.1. The van der Waals surface area contributed by atoms with Gasteiger partial charge in [-0.15, -0.1) is 0 Å². The molecule has 3 aromatic heterocycles. The highest BCUT2D eigenvalue weighted by Gasteiger charge is 2.28. The van der Waals surface area contributed by atoms with E-state index in [2.05, 4.69) is 30.6 Å². The number of carbonyl (C=O) groups is 3. The van der Waals surface area contributed by atoms with Crippen LogP contribution in [0.2, 0.25) is 30.1 Å². The van der Waals surface area contributed by atoms with Crippen LogP contribution in [0.3, 0.4) is 0 Å². The standard InChI is InChI=1S/C15H14Cl2N2O6S.C15H14Cl2N2O5S.C15H14Cl2N2O4S/c1-7(2)9-5-12(18-19-15(9)22)26(23,24)14-10(16)3-8(4-11(14)17)25-6-13(20)21;1-7(2)9-5-12(18-19-15(9)22)25(23)14-10(16)3-8(4-11(14)17)24-6-13(20)21;1-7(2)9-5-12(18-19-15(9)22)24-14-10(16)3-8(4-11(14)17)23-6-13(20)21/h3-5,7H,6H2,1-2H3,(H,19,22)(H,20,21);3-5,7H,6H2,1-2H3,(H,19,22)(H,20,21);3-5,7H,6H2,1-2H3,(H,19,22)(H,20,21). The van der Waals surface area contributed by atoms with Crippen molar-refractivity contribution in [1.82, 2.24) is 30.6 Å². The molecule has 0 saturated heterocycles. The van der Waals surface area contributed by atoms with Gasteiger partial charge in [-0.25, -0.2) is 42.3 Å². The molecule has 3 aromatic carbocycles. The zero-order valence-corrected chi connectivity index (χ0v) is 46.6. The van der Waals surface area contributed by atoms with Crippen LogP contribution in [-0.4, -0.2) is 96.3 Å². The number of carboxylic acids is 3. The van der Waals surface area contributed by atoms with Crippen LogP contribution in [-0.2, 0) is 35.0 Å². The lowest BCUT2D eigenvalue weighted by Gasteiger charge is -2.12. The second kappa shape index (κ2) is 27.4. The summed E-state index contributed by atoms with van der Waals surface area (Å²) in [5.74, 6) is -3.34. The summed E-state index contributed by atoms with van der Waals surface area (Å²) in [4.78, 5) is 67.1. The van der Waals surface area contributed by atoms with E-state index in [-0.39, 0.29) is 81.7 Å². The smallest absolute Gasteiger partial charge is 0.341 e. The highest BCUT2D eigenvalue weighted by Crippen LogP contribution is 2.41. The molecular weight excluding hydrogens is 1170 g/mol. The van der Waals surface area contributed by atoms with Crippen molar-refractivity contribution < 1.29 is 56.5 Å². The lowest BCUT2D eigenvalue weighted by molar-refractivity contribution is -0.140. The lowest BCUT2D eigenvalue weighted by Crippen LogP contribution is -2.19. The van der Waals surface area contributed by atoms with E-state index in [1.165, 1.54) is 48.2 Å². The number of nitrogens with one attached hydrogen (secondary N) is 3. The first-order chi connectivity index (χ1) is 35.0. The Bertz CT molecular complexity index is 3380. The first kappa shape index (κ1) is 61.8. The Hall–Kier alpha value is -5.70. The van der Waals surface area contributed by atoms with Crippen molar-refractivity contribution in [3.8, 4) is 17.2 Å². The fourth-order valence-electron chi connectivity index (χ4n) is 5.92. The molecule has 6 aromatic rings. The number of hydrogen-bond donors (Lipinski definition) is 6. The van der Waals surface area contributed by atoms with Crippen molar-refractivity contribution in [1.29, 1.82) is 0 Å². The number of benzene rings is 3. The monoisotopic (exact) mass is 1210 g/mol. The van der Waals surface area contributed by atoms with Gasteiger partial charge in [0.25, 0.3) is 16.7 Å². The fraction of sp³-hybridized carbons (Fsp3) is 0.267. The van der Waals surface area contributed by atoms with Crippen LogP contribution in [0, 0.1) is 0 Å². The maximum Gasteiger partial charge on any atom is 0.341 e. The van der Waals surface area contributed by atoms with E-state index in [4.69, 9.17) is 99.1 Å². The maximum absolute atomic E-state index is 12.9. The van der Waals surface area contributed by atoms with Gasteiger partial charge < -0.3 is 29.5 Å². The highest BCUT2D eigenvalue weighted by molar-refractivity contribution is 7.99. The number of sulfone groups is 1. The molecule has 0 fully saturated rings. The molecule has 0 aliphatic heterocycles. The topological polar surface area (TPSA) is 328 Å². The molecule has 6 rings (SSSR count). The summed E-state index contributed by atoms with van der Waals surface area (Å²) in [6, 6.07) is 12.2. The Morgan fingerprint density at radius 3 is 1.33 bits per heavy atom. The number of H-pyrrole nitrogens is 3. The second-order valence-electron chi connectivity index (χ2n) is 16.0.